The Kier molecular flexibility index (Phi) is 3.84. The zero-order valence-electron chi connectivity index (χ0n) is 9.64. The van der Waals surface area contributed by atoms with E-state index in [1.54, 1.807) is 6.07 Å². The van der Waals surface area contributed by atoms with E-state index in [1.165, 1.54) is 17.4 Å². The highest BCUT2D eigenvalue weighted by Crippen LogP contribution is 2.27. The zero-order valence-corrected chi connectivity index (χ0v) is 11.2. The molecule has 0 saturated heterocycles. The second kappa shape index (κ2) is 5.37. The number of aryl methyl sites for hydroxylation is 1. The van der Waals surface area contributed by atoms with Gasteiger partial charge in [-0.05, 0) is 30.7 Å². The van der Waals surface area contributed by atoms with Gasteiger partial charge in [-0.15, -0.1) is 0 Å². The Morgan fingerprint density at radius 1 is 1.39 bits per heavy atom. The molecule has 0 radical (unpaired) electrons. The zero-order chi connectivity index (χ0) is 13.1. The molecule has 0 bridgehead atoms. The number of halogens is 1. The van der Waals surface area contributed by atoms with E-state index in [0.29, 0.717) is 11.6 Å². The van der Waals surface area contributed by atoms with Gasteiger partial charge >= 0.3 is 5.00 Å². The van der Waals surface area contributed by atoms with Crippen molar-refractivity contribution in [2.45, 2.75) is 13.5 Å². The van der Waals surface area contributed by atoms with Gasteiger partial charge in [0.15, 0.2) is 0 Å². The minimum Gasteiger partial charge on any atom is -0.379 e. The lowest BCUT2D eigenvalue weighted by atomic mass is 10.2. The third-order valence-corrected chi connectivity index (χ3v) is 3.77. The van der Waals surface area contributed by atoms with Gasteiger partial charge in [0.2, 0.25) is 0 Å². The molecule has 18 heavy (non-hydrogen) atoms. The van der Waals surface area contributed by atoms with Crippen molar-refractivity contribution in [3.63, 3.8) is 0 Å². The number of hydrogen-bond donors (Lipinski definition) is 1. The van der Waals surface area contributed by atoms with Gasteiger partial charge in [-0.2, -0.15) is 0 Å². The number of nitro groups is 1. The Hall–Kier alpha value is -1.59. The van der Waals surface area contributed by atoms with Gasteiger partial charge in [-0.25, -0.2) is 0 Å². The Morgan fingerprint density at radius 3 is 2.83 bits per heavy atom. The maximum Gasteiger partial charge on any atom is 0.324 e. The summed E-state index contributed by atoms with van der Waals surface area (Å²) in [6, 6.07) is 8.98. The maximum absolute atomic E-state index is 10.6. The Morgan fingerprint density at radius 2 is 2.17 bits per heavy atom. The van der Waals surface area contributed by atoms with Gasteiger partial charge in [-0.3, -0.25) is 10.1 Å². The van der Waals surface area contributed by atoms with E-state index in [4.69, 9.17) is 11.6 Å². The molecule has 6 heteroatoms. The summed E-state index contributed by atoms with van der Waals surface area (Å²) < 4.78 is 0. The van der Waals surface area contributed by atoms with Gasteiger partial charge in [-0.1, -0.05) is 29.0 Å². The quantitative estimate of drug-likeness (QED) is 0.674. The van der Waals surface area contributed by atoms with E-state index in [0.717, 1.165) is 16.1 Å². The van der Waals surface area contributed by atoms with Gasteiger partial charge in [0, 0.05) is 17.5 Å². The molecule has 1 heterocycles. The van der Waals surface area contributed by atoms with E-state index in [9.17, 15) is 10.1 Å². The lowest BCUT2D eigenvalue weighted by Gasteiger charge is -2.07. The summed E-state index contributed by atoms with van der Waals surface area (Å²) in [5.74, 6) is 0. The molecule has 0 saturated carbocycles. The molecule has 94 valence electrons. The number of hydrogen-bond acceptors (Lipinski definition) is 4. The number of nitrogens with one attached hydrogen (secondary N) is 1. The summed E-state index contributed by atoms with van der Waals surface area (Å²) in [6.45, 7) is 2.51. The molecular weight excluding hydrogens is 272 g/mol. The van der Waals surface area contributed by atoms with Crippen molar-refractivity contribution in [1.82, 2.24) is 0 Å². The molecule has 4 nitrogen and oxygen atoms in total. The normalized spacial score (nSPS) is 10.3. The molecule has 2 aromatic rings. The van der Waals surface area contributed by atoms with Crippen LogP contribution >= 0.6 is 22.9 Å². The molecule has 1 aromatic carbocycles. The van der Waals surface area contributed by atoms with Crippen LogP contribution in [-0.4, -0.2) is 4.92 Å². The first-order valence-corrected chi connectivity index (χ1v) is 6.49. The second-order valence-corrected chi connectivity index (χ2v) is 5.39. The van der Waals surface area contributed by atoms with Gasteiger partial charge < -0.3 is 5.32 Å². The van der Waals surface area contributed by atoms with Crippen LogP contribution in [0.2, 0.25) is 5.02 Å². The fourth-order valence-corrected chi connectivity index (χ4v) is 2.46. The molecule has 0 atom stereocenters. The standard InChI is InChI=1S/C12H11ClN2O2S/c1-8-2-4-10(13)11(6-8)14-7-9-3-5-12(18-9)15(16)17/h2-6,14H,7H2,1H3. The summed E-state index contributed by atoms with van der Waals surface area (Å²) in [7, 11) is 0. The monoisotopic (exact) mass is 282 g/mol. The minimum absolute atomic E-state index is 0.155. The molecule has 1 aromatic heterocycles. The Labute approximate surface area is 113 Å². The largest absolute Gasteiger partial charge is 0.379 e. The van der Waals surface area contributed by atoms with E-state index in [1.807, 2.05) is 25.1 Å². The second-order valence-electron chi connectivity index (χ2n) is 3.83. The van der Waals surface area contributed by atoms with Crippen LogP contribution in [-0.2, 0) is 6.54 Å². The van der Waals surface area contributed by atoms with Crippen LogP contribution in [0.4, 0.5) is 10.7 Å². The molecule has 0 fully saturated rings. The molecule has 0 unspecified atom stereocenters. The summed E-state index contributed by atoms with van der Waals surface area (Å²) in [5.41, 5.74) is 1.95. The highest BCUT2D eigenvalue weighted by Gasteiger charge is 2.09. The first-order valence-electron chi connectivity index (χ1n) is 5.29. The van der Waals surface area contributed by atoms with E-state index < -0.39 is 0 Å². The predicted molar refractivity (Wildman–Crippen MR) is 74.5 cm³/mol. The molecule has 2 rings (SSSR count). The minimum atomic E-state index is -0.381. The first-order chi connectivity index (χ1) is 8.56. The Balaban J connectivity index is 2.06. The van der Waals surface area contributed by atoms with Gasteiger partial charge in [0.1, 0.15) is 0 Å². The SMILES string of the molecule is Cc1ccc(Cl)c(NCc2ccc([N+](=O)[O-])s2)c1. The summed E-state index contributed by atoms with van der Waals surface area (Å²) in [6.07, 6.45) is 0. The molecule has 0 spiro atoms. The van der Waals surface area contributed by atoms with Crippen LogP contribution in [0.1, 0.15) is 10.4 Å². The summed E-state index contributed by atoms with van der Waals surface area (Å²) >= 11 is 7.22. The van der Waals surface area contributed by atoms with Crippen molar-refractivity contribution in [2.75, 3.05) is 5.32 Å². The number of nitrogens with zero attached hydrogens (tertiary/aromatic N) is 1. The molecule has 0 aliphatic carbocycles. The fraction of sp³-hybridized carbons (Fsp3) is 0.167. The van der Waals surface area contributed by atoms with Crippen molar-refractivity contribution in [2.24, 2.45) is 0 Å². The number of benzene rings is 1. The van der Waals surface area contributed by atoms with Crippen molar-refractivity contribution >= 4 is 33.6 Å². The predicted octanol–water partition coefficient (Wildman–Crippen LogP) is 4.23. The molecular formula is C12H11ClN2O2S. The topological polar surface area (TPSA) is 55.2 Å². The summed E-state index contributed by atoms with van der Waals surface area (Å²) in [5, 5.41) is 14.5. The highest BCUT2D eigenvalue weighted by molar-refractivity contribution is 7.15. The number of rotatable bonds is 4. The molecule has 0 amide bonds. The van der Waals surface area contributed by atoms with Crippen LogP contribution in [0.25, 0.3) is 0 Å². The number of thiophene rings is 1. The fourth-order valence-electron chi connectivity index (χ4n) is 1.52. The van der Waals surface area contributed by atoms with E-state index in [2.05, 4.69) is 5.32 Å². The van der Waals surface area contributed by atoms with E-state index >= 15 is 0 Å². The third kappa shape index (κ3) is 3.00. The molecule has 1 N–H and O–H groups in total. The van der Waals surface area contributed by atoms with Gasteiger partial charge in [0.05, 0.1) is 15.6 Å². The highest BCUT2D eigenvalue weighted by atomic mass is 35.5. The average molecular weight is 283 g/mol. The van der Waals surface area contributed by atoms with Crippen molar-refractivity contribution in [1.29, 1.82) is 0 Å². The van der Waals surface area contributed by atoms with Crippen LogP contribution < -0.4 is 5.32 Å². The average Bonchev–Trinajstić information content (AvgIpc) is 2.79. The van der Waals surface area contributed by atoms with Crippen LogP contribution in [0, 0.1) is 17.0 Å². The van der Waals surface area contributed by atoms with Crippen LogP contribution in [0.15, 0.2) is 30.3 Å². The summed E-state index contributed by atoms with van der Waals surface area (Å²) in [4.78, 5) is 11.1. The lowest BCUT2D eigenvalue weighted by molar-refractivity contribution is -0.380. The van der Waals surface area contributed by atoms with Crippen LogP contribution in [0.5, 0.6) is 0 Å². The molecule has 0 aliphatic rings. The molecule has 0 aliphatic heterocycles. The lowest BCUT2D eigenvalue weighted by Crippen LogP contribution is -1.98. The van der Waals surface area contributed by atoms with Crippen LogP contribution in [0.3, 0.4) is 0 Å². The van der Waals surface area contributed by atoms with Crippen molar-refractivity contribution < 1.29 is 4.92 Å². The smallest absolute Gasteiger partial charge is 0.324 e. The van der Waals surface area contributed by atoms with Gasteiger partial charge in [0.25, 0.3) is 0 Å². The van der Waals surface area contributed by atoms with E-state index in [-0.39, 0.29) is 9.92 Å². The number of anilines is 1. The maximum atomic E-state index is 10.6. The third-order valence-electron chi connectivity index (χ3n) is 2.40. The Bertz CT molecular complexity index is 583. The van der Waals surface area contributed by atoms with Crippen molar-refractivity contribution in [3.05, 3.63) is 55.9 Å². The van der Waals surface area contributed by atoms with Crippen molar-refractivity contribution in [3.8, 4) is 0 Å². The first kappa shape index (κ1) is 12.9.